The van der Waals surface area contributed by atoms with Gasteiger partial charge < -0.3 is 30.3 Å². The van der Waals surface area contributed by atoms with Gasteiger partial charge in [-0.05, 0) is 75.1 Å². The number of piperidine rings is 1. The molecule has 9 heteroatoms. The average Bonchev–Trinajstić information content (AvgIpc) is 3.66. The molecule has 0 radical (unpaired) electrons. The van der Waals surface area contributed by atoms with E-state index in [4.69, 9.17) is 19.8 Å². The minimum absolute atomic E-state index is 0.0913. The van der Waals surface area contributed by atoms with Crippen LogP contribution in [0.4, 0.5) is 23.3 Å². The highest BCUT2D eigenvalue weighted by molar-refractivity contribution is 6.07. The number of morpholine rings is 1. The predicted octanol–water partition coefficient (Wildman–Crippen LogP) is 3.83. The number of rotatable bonds is 7. The SMILES string of the molecule is C[C@@H]1CN(c2cccc(NC(=O)c3ccc(NC4CC(=CCO)C4)nc3N3CCC4(CC3)CC4)n2)CCO1. The molecule has 9 nitrogen and oxygen atoms in total. The molecule has 1 atom stereocenters. The summed E-state index contributed by atoms with van der Waals surface area (Å²) in [6.45, 7) is 6.23. The lowest BCUT2D eigenvalue weighted by Gasteiger charge is -2.35. The van der Waals surface area contributed by atoms with E-state index in [0.29, 0.717) is 29.4 Å². The molecule has 4 aliphatic rings. The van der Waals surface area contributed by atoms with Gasteiger partial charge in [0, 0.05) is 32.2 Å². The number of nitrogens with one attached hydrogen (secondary N) is 2. The van der Waals surface area contributed by atoms with E-state index in [1.54, 1.807) is 0 Å². The number of ether oxygens (including phenoxy) is 1. The number of pyridine rings is 2. The van der Waals surface area contributed by atoms with Crippen molar-refractivity contribution in [1.82, 2.24) is 9.97 Å². The third-order valence-electron chi connectivity index (χ3n) is 8.49. The Kier molecular flexibility index (Phi) is 6.97. The number of aliphatic hydroxyl groups is 1. The minimum atomic E-state index is -0.192. The standard InChI is InChI=1S/C29H38N6O3/c1-20-19-35(14-16-38-20)26-4-2-3-24(31-26)33-28(37)23-5-6-25(30-22-17-21(18-22)7-15-36)32-27(23)34-12-10-29(8-9-29)11-13-34/h2-7,20,22,36H,8-19H2,1H3,(H,30,32)(H,31,33,37)/t20-,22?/m1/s1. The van der Waals surface area contributed by atoms with E-state index in [-0.39, 0.29) is 18.6 Å². The van der Waals surface area contributed by atoms with Crippen LogP contribution in [0.25, 0.3) is 0 Å². The molecule has 1 amide bonds. The fourth-order valence-electron chi connectivity index (χ4n) is 5.88. The zero-order valence-electron chi connectivity index (χ0n) is 22.2. The van der Waals surface area contributed by atoms with Crippen LogP contribution < -0.4 is 20.4 Å². The maximum Gasteiger partial charge on any atom is 0.260 e. The summed E-state index contributed by atoms with van der Waals surface area (Å²) in [5.41, 5.74) is 2.38. The number of nitrogens with zero attached hydrogens (tertiary/aromatic N) is 4. The van der Waals surface area contributed by atoms with Crippen LogP contribution in [0.2, 0.25) is 0 Å². The molecule has 2 aromatic heterocycles. The lowest BCUT2D eigenvalue weighted by atomic mass is 9.86. The van der Waals surface area contributed by atoms with E-state index >= 15 is 0 Å². The van der Waals surface area contributed by atoms with Gasteiger partial charge in [-0.2, -0.15) is 0 Å². The Balaban J connectivity index is 1.20. The normalized spacial score (nSPS) is 24.1. The van der Waals surface area contributed by atoms with E-state index in [1.165, 1.54) is 18.4 Å². The molecule has 2 saturated heterocycles. The van der Waals surface area contributed by atoms with Crippen molar-refractivity contribution in [1.29, 1.82) is 0 Å². The second-order valence-electron chi connectivity index (χ2n) is 11.3. The van der Waals surface area contributed by atoms with Crippen molar-refractivity contribution in [2.75, 3.05) is 59.8 Å². The molecule has 202 valence electrons. The second-order valence-corrected chi connectivity index (χ2v) is 11.3. The molecule has 4 heterocycles. The highest BCUT2D eigenvalue weighted by Gasteiger charge is 2.45. The van der Waals surface area contributed by atoms with E-state index in [1.807, 2.05) is 36.4 Å². The molecule has 0 aromatic carbocycles. The highest BCUT2D eigenvalue weighted by Crippen LogP contribution is 2.54. The van der Waals surface area contributed by atoms with Gasteiger partial charge in [-0.25, -0.2) is 9.97 Å². The summed E-state index contributed by atoms with van der Waals surface area (Å²) in [4.78, 5) is 27.7. The van der Waals surface area contributed by atoms with Gasteiger partial charge in [0.15, 0.2) is 0 Å². The maximum atomic E-state index is 13.6. The van der Waals surface area contributed by atoms with Crippen LogP contribution in [0.3, 0.4) is 0 Å². The number of aromatic nitrogens is 2. The van der Waals surface area contributed by atoms with Crippen LogP contribution in [-0.2, 0) is 4.74 Å². The minimum Gasteiger partial charge on any atom is -0.392 e. The first-order chi connectivity index (χ1) is 18.5. The number of hydrogen-bond acceptors (Lipinski definition) is 8. The molecule has 2 aliphatic heterocycles. The Morgan fingerprint density at radius 1 is 1.08 bits per heavy atom. The van der Waals surface area contributed by atoms with Crippen molar-refractivity contribution >= 4 is 29.2 Å². The number of amides is 1. The van der Waals surface area contributed by atoms with Gasteiger partial charge >= 0.3 is 0 Å². The van der Waals surface area contributed by atoms with Crippen molar-refractivity contribution in [2.24, 2.45) is 5.41 Å². The van der Waals surface area contributed by atoms with Crippen molar-refractivity contribution in [3.8, 4) is 0 Å². The number of anilines is 4. The largest absolute Gasteiger partial charge is 0.392 e. The summed E-state index contributed by atoms with van der Waals surface area (Å²) in [5, 5.41) is 15.7. The molecule has 1 spiro atoms. The number of carbonyl (C=O) groups is 1. The Morgan fingerprint density at radius 3 is 2.63 bits per heavy atom. The maximum absolute atomic E-state index is 13.6. The Hall–Kier alpha value is -3.17. The molecular formula is C29H38N6O3. The first-order valence-electron chi connectivity index (χ1n) is 14.0. The van der Waals surface area contributed by atoms with E-state index < -0.39 is 0 Å². The lowest BCUT2D eigenvalue weighted by molar-refractivity contribution is 0.0529. The van der Waals surface area contributed by atoms with Gasteiger partial charge in [0.05, 0.1) is 24.9 Å². The van der Waals surface area contributed by atoms with Crippen LogP contribution in [0.5, 0.6) is 0 Å². The quantitative estimate of drug-likeness (QED) is 0.476. The molecule has 2 aliphatic carbocycles. The first-order valence-corrected chi connectivity index (χ1v) is 14.0. The van der Waals surface area contributed by atoms with E-state index in [0.717, 1.165) is 69.3 Å². The molecular weight excluding hydrogens is 480 g/mol. The van der Waals surface area contributed by atoms with Gasteiger partial charge in [-0.1, -0.05) is 17.7 Å². The summed E-state index contributed by atoms with van der Waals surface area (Å²) < 4.78 is 5.66. The van der Waals surface area contributed by atoms with E-state index in [9.17, 15) is 4.79 Å². The molecule has 0 bridgehead atoms. The van der Waals surface area contributed by atoms with Crippen molar-refractivity contribution in [3.63, 3.8) is 0 Å². The molecule has 3 N–H and O–H groups in total. The Labute approximate surface area is 224 Å². The Morgan fingerprint density at radius 2 is 1.89 bits per heavy atom. The predicted molar refractivity (Wildman–Crippen MR) is 149 cm³/mol. The van der Waals surface area contributed by atoms with Gasteiger partial charge in [-0.3, -0.25) is 4.79 Å². The Bertz CT molecular complexity index is 1190. The summed E-state index contributed by atoms with van der Waals surface area (Å²) in [6, 6.07) is 9.83. The van der Waals surface area contributed by atoms with Gasteiger partial charge in [0.25, 0.3) is 5.91 Å². The zero-order valence-corrected chi connectivity index (χ0v) is 22.2. The third kappa shape index (κ3) is 5.49. The van der Waals surface area contributed by atoms with Crippen molar-refractivity contribution in [3.05, 3.63) is 47.5 Å². The molecule has 2 saturated carbocycles. The second kappa shape index (κ2) is 10.5. The van der Waals surface area contributed by atoms with Crippen LogP contribution >= 0.6 is 0 Å². The molecule has 38 heavy (non-hydrogen) atoms. The topological polar surface area (TPSA) is 103 Å². The summed E-state index contributed by atoms with van der Waals surface area (Å²) in [5.74, 6) is 2.72. The van der Waals surface area contributed by atoms with Crippen LogP contribution in [-0.4, -0.2) is 72.5 Å². The fourth-order valence-corrected chi connectivity index (χ4v) is 5.88. The molecule has 0 unspecified atom stereocenters. The lowest BCUT2D eigenvalue weighted by Crippen LogP contribution is -2.41. The summed E-state index contributed by atoms with van der Waals surface area (Å²) >= 11 is 0. The van der Waals surface area contributed by atoms with Crippen molar-refractivity contribution < 1.29 is 14.6 Å². The van der Waals surface area contributed by atoms with E-state index in [2.05, 4.69) is 27.4 Å². The summed E-state index contributed by atoms with van der Waals surface area (Å²) in [6.07, 6.45) is 8.85. The van der Waals surface area contributed by atoms with Gasteiger partial charge in [0.2, 0.25) is 0 Å². The number of aliphatic hydroxyl groups excluding tert-OH is 1. The number of hydrogen-bond donors (Lipinski definition) is 3. The van der Waals surface area contributed by atoms with Crippen LogP contribution in [0.15, 0.2) is 42.0 Å². The fraction of sp³-hybridized carbons (Fsp3) is 0.552. The molecule has 4 fully saturated rings. The first kappa shape index (κ1) is 25.1. The van der Waals surface area contributed by atoms with Crippen LogP contribution in [0, 0.1) is 5.41 Å². The molecule has 6 rings (SSSR count). The van der Waals surface area contributed by atoms with Gasteiger partial charge in [-0.15, -0.1) is 0 Å². The smallest absolute Gasteiger partial charge is 0.260 e. The van der Waals surface area contributed by atoms with Crippen molar-refractivity contribution in [2.45, 2.75) is 57.6 Å². The highest BCUT2D eigenvalue weighted by atomic mass is 16.5. The summed E-state index contributed by atoms with van der Waals surface area (Å²) in [7, 11) is 0. The third-order valence-corrected chi connectivity index (χ3v) is 8.49. The average molecular weight is 519 g/mol. The zero-order chi connectivity index (χ0) is 26.1. The van der Waals surface area contributed by atoms with Crippen LogP contribution in [0.1, 0.15) is 55.8 Å². The monoisotopic (exact) mass is 518 g/mol. The van der Waals surface area contributed by atoms with Gasteiger partial charge in [0.1, 0.15) is 23.3 Å². The molecule has 2 aromatic rings. The number of carbonyl (C=O) groups excluding carboxylic acids is 1.